The number of halogens is 1. The Morgan fingerprint density at radius 3 is 2.55 bits per heavy atom. The summed E-state index contributed by atoms with van der Waals surface area (Å²) < 4.78 is 13.1. The van der Waals surface area contributed by atoms with Crippen molar-refractivity contribution >= 4 is 0 Å². The summed E-state index contributed by atoms with van der Waals surface area (Å²) >= 11 is 0. The number of benzene rings is 2. The average molecular weight is 273 g/mol. The van der Waals surface area contributed by atoms with Crippen LogP contribution in [-0.2, 0) is 6.54 Å². The van der Waals surface area contributed by atoms with Crippen LogP contribution in [0.2, 0.25) is 0 Å². The van der Waals surface area contributed by atoms with Crippen LogP contribution in [0.1, 0.15) is 23.5 Å². The molecular weight excluding hydrogens is 253 g/mol. The Labute approximate surface area is 119 Å². The maximum absolute atomic E-state index is 13.1. The van der Waals surface area contributed by atoms with Crippen molar-refractivity contribution in [2.45, 2.75) is 18.9 Å². The molecule has 2 aromatic rings. The molecule has 2 rings (SSSR count). The zero-order chi connectivity index (χ0) is 14.2. The number of hydrogen-bond donors (Lipinski definition) is 2. The van der Waals surface area contributed by atoms with Gasteiger partial charge in [-0.3, -0.25) is 0 Å². The second-order valence-electron chi connectivity index (χ2n) is 4.88. The molecule has 1 atom stereocenters. The summed E-state index contributed by atoms with van der Waals surface area (Å²) in [6.45, 7) is 1.56. The molecule has 20 heavy (non-hydrogen) atoms. The normalized spacial score (nSPS) is 12.3. The predicted octanol–water partition coefficient (Wildman–Crippen LogP) is 3.08. The van der Waals surface area contributed by atoms with Crippen LogP contribution >= 0.6 is 0 Å². The molecule has 2 nitrogen and oxygen atoms in total. The Kier molecular flexibility index (Phi) is 5.71. The molecule has 106 valence electrons. The van der Waals surface area contributed by atoms with Crippen molar-refractivity contribution in [1.82, 2.24) is 5.32 Å². The summed E-state index contributed by atoms with van der Waals surface area (Å²) in [6, 6.07) is 16.7. The molecule has 3 heteroatoms. The first-order valence-corrected chi connectivity index (χ1v) is 6.90. The van der Waals surface area contributed by atoms with Gasteiger partial charge in [0.25, 0.3) is 0 Å². The van der Waals surface area contributed by atoms with E-state index in [4.69, 9.17) is 0 Å². The molecular formula is C17H20FNO. The van der Waals surface area contributed by atoms with Crippen LogP contribution in [0.3, 0.4) is 0 Å². The van der Waals surface area contributed by atoms with E-state index in [1.807, 2.05) is 24.3 Å². The summed E-state index contributed by atoms with van der Waals surface area (Å²) in [6.07, 6.45) is 0.722. The highest BCUT2D eigenvalue weighted by Gasteiger charge is 2.10. The first kappa shape index (κ1) is 14.7. The Hall–Kier alpha value is -1.71. The summed E-state index contributed by atoms with van der Waals surface area (Å²) in [5.74, 6) is 0.0639. The lowest BCUT2D eigenvalue weighted by molar-refractivity contribution is 0.273. The molecule has 0 spiro atoms. The smallest absolute Gasteiger partial charge is 0.123 e. The fourth-order valence-electron chi connectivity index (χ4n) is 2.31. The third-order valence-electron chi connectivity index (χ3n) is 3.36. The van der Waals surface area contributed by atoms with Gasteiger partial charge in [0.2, 0.25) is 0 Å². The summed E-state index contributed by atoms with van der Waals surface area (Å²) in [5.41, 5.74) is 2.15. The monoisotopic (exact) mass is 273 g/mol. The molecule has 0 aliphatic heterocycles. The van der Waals surface area contributed by atoms with Crippen LogP contribution in [0.15, 0.2) is 54.6 Å². The summed E-state index contributed by atoms with van der Waals surface area (Å²) in [7, 11) is 0. The predicted molar refractivity (Wildman–Crippen MR) is 79.0 cm³/mol. The van der Waals surface area contributed by atoms with Crippen LogP contribution < -0.4 is 5.32 Å². The lowest BCUT2D eigenvalue weighted by atomic mass is 9.96. The highest BCUT2D eigenvalue weighted by atomic mass is 19.1. The topological polar surface area (TPSA) is 32.3 Å². The Morgan fingerprint density at radius 1 is 1.05 bits per heavy atom. The second kappa shape index (κ2) is 7.78. The van der Waals surface area contributed by atoms with E-state index in [1.54, 1.807) is 6.07 Å². The quantitative estimate of drug-likeness (QED) is 0.812. The van der Waals surface area contributed by atoms with Gasteiger partial charge in [-0.25, -0.2) is 4.39 Å². The molecule has 1 unspecified atom stereocenters. The van der Waals surface area contributed by atoms with E-state index in [2.05, 4.69) is 17.4 Å². The first-order valence-electron chi connectivity index (χ1n) is 6.90. The second-order valence-corrected chi connectivity index (χ2v) is 4.88. The number of aliphatic hydroxyl groups excluding tert-OH is 1. The van der Waals surface area contributed by atoms with Crippen molar-refractivity contribution in [3.8, 4) is 0 Å². The number of rotatable bonds is 7. The van der Waals surface area contributed by atoms with E-state index in [0.29, 0.717) is 6.54 Å². The molecule has 2 N–H and O–H groups in total. The minimum absolute atomic E-state index is 0.168. The zero-order valence-electron chi connectivity index (χ0n) is 11.4. The largest absolute Gasteiger partial charge is 0.396 e. The van der Waals surface area contributed by atoms with Crippen LogP contribution in [-0.4, -0.2) is 18.3 Å². The zero-order valence-corrected chi connectivity index (χ0v) is 11.4. The van der Waals surface area contributed by atoms with Gasteiger partial charge in [0.15, 0.2) is 0 Å². The molecule has 0 aliphatic rings. The van der Waals surface area contributed by atoms with Crippen molar-refractivity contribution in [2.24, 2.45) is 0 Å². The molecule has 0 saturated heterocycles. The van der Waals surface area contributed by atoms with Crippen molar-refractivity contribution in [2.75, 3.05) is 13.2 Å². The lowest BCUT2D eigenvalue weighted by Gasteiger charge is -2.17. The van der Waals surface area contributed by atoms with Crippen LogP contribution in [0.25, 0.3) is 0 Å². The van der Waals surface area contributed by atoms with Gasteiger partial charge < -0.3 is 10.4 Å². The van der Waals surface area contributed by atoms with Crippen LogP contribution in [0, 0.1) is 5.82 Å². The van der Waals surface area contributed by atoms with E-state index in [-0.39, 0.29) is 18.3 Å². The standard InChI is InChI=1S/C17H20FNO/c18-17-8-4-5-14(11-17)12-19-13-16(9-10-20)15-6-2-1-3-7-15/h1-8,11,16,19-20H,9-10,12-13H2. The van der Waals surface area contributed by atoms with Gasteiger partial charge in [0.05, 0.1) is 0 Å². The molecule has 0 saturated carbocycles. The van der Waals surface area contributed by atoms with E-state index in [0.717, 1.165) is 18.5 Å². The van der Waals surface area contributed by atoms with Gasteiger partial charge in [0.1, 0.15) is 5.82 Å². The molecule has 0 heterocycles. The minimum Gasteiger partial charge on any atom is -0.396 e. The molecule has 0 bridgehead atoms. The molecule has 2 aromatic carbocycles. The number of hydrogen-bond acceptors (Lipinski definition) is 2. The van der Waals surface area contributed by atoms with E-state index < -0.39 is 0 Å². The SMILES string of the molecule is OCCC(CNCc1cccc(F)c1)c1ccccc1. The molecule has 0 fully saturated rings. The Balaban J connectivity index is 1.90. The highest BCUT2D eigenvalue weighted by Crippen LogP contribution is 2.18. The Morgan fingerprint density at radius 2 is 1.85 bits per heavy atom. The van der Waals surface area contributed by atoms with E-state index >= 15 is 0 Å². The Bertz CT molecular complexity index is 515. The first-order chi connectivity index (χ1) is 9.79. The average Bonchev–Trinajstić information content (AvgIpc) is 2.47. The molecule has 0 aliphatic carbocycles. The third-order valence-corrected chi connectivity index (χ3v) is 3.36. The molecule has 0 aromatic heterocycles. The summed E-state index contributed by atoms with van der Waals surface area (Å²) in [4.78, 5) is 0. The fourth-order valence-corrected chi connectivity index (χ4v) is 2.31. The van der Waals surface area contributed by atoms with Gasteiger partial charge in [-0.15, -0.1) is 0 Å². The maximum atomic E-state index is 13.1. The molecule has 0 radical (unpaired) electrons. The van der Waals surface area contributed by atoms with Crippen molar-refractivity contribution in [3.63, 3.8) is 0 Å². The van der Waals surface area contributed by atoms with Crippen molar-refractivity contribution < 1.29 is 9.50 Å². The van der Waals surface area contributed by atoms with E-state index in [1.165, 1.54) is 17.7 Å². The number of aliphatic hydroxyl groups is 1. The molecule has 0 amide bonds. The van der Waals surface area contributed by atoms with Crippen molar-refractivity contribution in [3.05, 3.63) is 71.5 Å². The van der Waals surface area contributed by atoms with Crippen LogP contribution in [0.4, 0.5) is 4.39 Å². The van der Waals surface area contributed by atoms with Gasteiger partial charge in [-0.05, 0) is 35.6 Å². The van der Waals surface area contributed by atoms with Gasteiger partial charge in [0, 0.05) is 19.7 Å². The third kappa shape index (κ3) is 4.44. The number of nitrogens with one attached hydrogen (secondary N) is 1. The highest BCUT2D eigenvalue weighted by molar-refractivity contribution is 5.20. The fraction of sp³-hybridized carbons (Fsp3) is 0.294. The van der Waals surface area contributed by atoms with Gasteiger partial charge >= 0.3 is 0 Å². The lowest BCUT2D eigenvalue weighted by Crippen LogP contribution is -2.22. The van der Waals surface area contributed by atoms with Gasteiger partial charge in [-0.2, -0.15) is 0 Å². The summed E-state index contributed by atoms with van der Waals surface area (Å²) in [5, 5.41) is 12.5. The van der Waals surface area contributed by atoms with Crippen LogP contribution in [0.5, 0.6) is 0 Å². The maximum Gasteiger partial charge on any atom is 0.123 e. The van der Waals surface area contributed by atoms with Crippen molar-refractivity contribution in [1.29, 1.82) is 0 Å². The van der Waals surface area contributed by atoms with Gasteiger partial charge in [-0.1, -0.05) is 42.5 Å². The minimum atomic E-state index is -0.209. The van der Waals surface area contributed by atoms with E-state index in [9.17, 15) is 9.50 Å².